The fourth-order valence-corrected chi connectivity index (χ4v) is 0.994. The first-order chi connectivity index (χ1) is 4.70. The molecule has 0 radical (unpaired) electrons. The van der Waals surface area contributed by atoms with Gasteiger partial charge in [0.25, 0.3) is 0 Å². The molecule has 1 heterocycles. The van der Waals surface area contributed by atoms with Crippen LogP contribution in [0.4, 0.5) is 0 Å². The summed E-state index contributed by atoms with van der Waals surface area (Å²) in [7, 11) is 0. The van der Waals surface area contributed by atoms with Crippen LogP contribution in [0.1, 0.15) is 19.8 Å². The van der Waals surface area contributed by atoms with Gasteiger partial charge < -0.3 is 9.94 Å². The molecule has 1 N–H and O–H groups in total. The molecule has 1 fully saturated rings. The predicted octanol–water partition coefficient (Wildman–Crippen LogP) is -0.121. The number of hydrogen-bond acceptors (Lipinski definition) is 4. The van der Waals surface area contributed by atoms with Gasteiger partial charge in [0, 0.05) is 13.5 Å². The second kappa shape index (κ2) is 2.98. The summed E-state index contributed by atoms with van der Waals surface area (Å²) in [5.74, 6) is -0.374. The van der Waals surface area contributed by atoms with Crippen molar-refractivity contribution in [3.05, 3.63) is 0 Å². The van der Waals surface area contributed by atoms with Crippen LogP contribution in [-0.2, 0) is 9.63 Å². The number of hydroxylamine groups is 2. The first kappa shape index (κ1) is 7.50. The SMILES string of the molecule is CC(=O)ON1CCC[C@@H]1O. The molecule has 0 aromatic rings. The molecule has 0 unspecified atom stereocenters. The van der Waals surface area contributed by atoms with Gasteiger partial charge in [0.2, 0.25) is 0 Å². The van der Waals surface area contributed by atoms with Crippen LogP contribution in [0.25, 0.3) is 0 Å². The lowest BCUT2D eigenvalue weighted by Crippen LogP contribution is -2.30. The van der Waals surface area contributed by atoms with E-state index >= 15 is 0 Å². The second-order valence-electron chi connectivity index (χ2n) is 2.35. The van der Waals surface area contributed by atoms with E-state index in [0.717, 1.165) is 6.42 Å². The molecule has 58 valence electrons. The lowest BCUT2D eigenvalue weighted by atomic mass is 10.4. The average Bonchev–Trinajstić information content (AvgIpc) is 2.15. The van der Waals surface area contributed by atoms with Crippen molar-refractivity contribution < 1.29 is 14.7 Å². The molecule has 0 aromatic carbocycles. The molecule has 0 saturated carbocycles. The molecule has 1 aliphatic rings. The highest BCUT2D eigenvalue weighted by Crippen LogP contribution is 2.14. The number of carbonyl (C=O) groups excluding carboxylic acids is 1. The Morgan fingerprint density at radius 3 is 2.90 bits per heavy atom. The van der Waals surface area contributed by atoms with Crippen LogP contribution in [0, 0.1) is 0 Å². The minimum Gasteiger partial charge on any atom is -0.375 e. The van der Waals surface area contributed by atoms with Crippen molar-refractivity contribution in [1.82, 2.24) is 5.06 Å². The molecule has 0 amide bonds. The van der Waals surface area contributed by atoms with E-state index in [0.29, 0.717) is 13.0 Å². The van der Waals surface area contributed by atoms with E-state index in [9.17, 15) is 4.79 Å². The van der Waals surface area contributed by atoms with Gasteiger partial charge in [-0.2, -0.15) is 0 Å². The van der Waals surface area contributed by atoms with Gasteiger partial charge in [0.05, 0.1) is 0 Å². The van der Waals surface area contributed by atoms with Crippen molar-refractivity contribution in [2.75, 3.05) is 6.54 Å². The molecule has 0 aliphatic carbocycles. The van der Waals surface area contributed by atoms with Gasteiger partial charge in [-0.3, -0.25) is 4.79 Å². The van der Waals surface area contributed by atoms with Crippen LogP contribution >= 0.6 is 0 Å². The molecule has 4 nitrogen and oxygen atoms in total. The zero-order valence-electron chi connectivity index (χ0n) is 5.91. The highest BCUT2D eigenvalue weighted by Gasteiger charge is 2.24. The summed E-state index contributed by atoms with van der Waals surface area (Å²) in [6.45, 7) is 1.96. The molecule has 1 saturated heterocycles. The van der Waals surface area contributed by atoms with Gasteiger partial charge in [0.1, 0.15) is 6.23 Å². The summed E-state index contributed by atoms with van der Waals surface area (Å²) in [4.78, 5) is 15.0. The zero-order chi connectivity index (χ0) is 7.56. The maximum atomic E-state index is 10.4. The fourth-order valence-electron chi connectivity index (χ4n) is 0.994. The van der Waals surface area contributed by atoms with E-state index in [-0.39, 0.29) is 5.97 Å². The fraction of sp³-hybridized carbons (Fsp3) is 0.833. The number of nitrogens with zero attached hydrogens (tertiary/aromatic N) is 1. The third kappa shape index (κ3) is 1.68. The number of carbonyl (C=O) groups is 1. The van der Waals surface area contributed by atoms with Crippen LogP contribution in [-0.4, -0.2) is 28.9 Å². The Kier molecular flexibility index (Phi) is 2.24. The summed E-state index contributed by atoms with van der Waals surface area (Å²) in [6.07, 6.45) is 0.978. The predicted molar refractivity (Wildman–Crippen MR) is 33.7 cm³/mol. The lowest BCUT2D eigenvalue weighted by Gasteiger charge is -2.16. The first-order valence-corrected chi connectivity index (χ1v) is 3.33. The van der Waals surface area contributed by atoms with E-state index in [1.165, 1.54) is 12.0 Å². The maximum absolute atomic E-state index is 10.4. The summed E-state index contributed by atoms with van der Waals surface area (Å²) < 4.78 is 0. The van der Waals surface area contributed by atoms with E-state index in [2.05, 4.69) is 4.84 Å². The van der Waals surface area contributed by atoms with Crippen LogP contribution in [0.2, 0.25) is 0 Å². The Bertz CT molecular complexity index is 137. The number of aliphatic hydroxyl groups excluding tert-OH is 1. The first-order valence-electron chi connectivity index (χ1n) is 3.33. The Balaban J connectivity index is 2.33. The lowest BCUT2D eigenvalue weighted by molar-refractivity contribution is -0.217. The highest BCUT2D eigenvalue weighted by atomic mass is 16.7. The topological polar surface area (TPSA) is 49.8 Å². The Labute approximate surface area is 59.3 Å². The molecule has 10 heavy (non-hydrogen) atoms. The van der Waals surface area contributed by atoms with E-state index in [1.54, 1.807) is 0 Å². The third-order valence-electron chi connectivity index (χ3n) is 1.42. The van der Waals surface area contributed by atoms with E-state index < -0.39 is 6.23 Å². The maximum Gasteiger partial charge on any atom is 0.322 e. The molecular formula is C6H11NO3. The van der Waals surface area contributed by atoms with Crippen molar-refractivity contribution in [1.29, 1.82) is 0 Å². The van der Waals surface area contributed by atoms with Crippen LogP contribution in [0.15, 0.2) is 0 Å². The normalized spacial score (nSPS) is 26.8. The monoisotopic (exact) mass is 145 g/mol. The van der Waals surface area contributed by atoms with Crippen molar-refractivity contribution in [2.45, 2.75) is 26.0 Å². The minimum atomic E-state index is -0.594. The number of aliphatic hydroxyl groups is 1. The summed E-state index contributed by atoms with van der Waals surface area (Å²) in [5.41, 5.74) is 0. The summed E-state index contributed by atoms with van der Waals surface area (Å²) in [5, 5.41) is 10.4. The molecule has 0 spiro atoms. The smallest absolute Gasteiger partial charge is 0.322 e. The highest BCUT2D eigenvalue weighted by molar-refractivity contribution is 5.65. The largest absolute Gasteiger partial charge is 0.375 e. The summed E-state index contributed by atoms with van der Waals surface area (Å²) >= 11 is 0. The van der Waals surface area contributed by atoms with Gasteiger partial charge >= 0.3 is 5.97 Å². The van der Waals surface area contributed by atoms with Crippen molar-refractivity contribution in [3.8, 4) is 0 Å². The quantitative estimate of drug-likeness (QED) is 0.558. The molecule has 1 rings (SSSR count). The molecule has 1 atom stereocenters. The Hall–Kier alpha value is -0.610. The molecule has 1 aliphatic heterocycles. The minimum absolute atomic E-state index is 0.374. The van der Waals surface area contributed by atoms with Crippen LogP contribution in [0.3, 0.4) is 0 Å². The third-order valence-corrected chi connectivity index (χ3v) is 1.42. The Morgan fingerprint density at radius 1 is 1.80 bits per heavy atom. The van der Waals surface area contributed by atoms with Gasteiger partial charge in [-0.05, 0) is 12.8 Å². The molecule has 0 aromatic heterocycles. The molecular weight excluding hydrogens is 134 g/mol. The standard InChI is InChI=1S/C6H11NO3/c1-5(8)10-7-4-2-3-6(7)9/h6,9H,2-4H2,1H3/t6-/m0/s1. The molecule has 0 bridgehead atoms. The number of hydrogen-bond donors (Lipinski definition) is 1. The van der Waals surface area contributed by atoms with Crippen LogP contribution < -0.4 is 0 Å². The molecule has 4 heteroatoms. The average molecular weight is 145 g/mol. The van der Waals surface area contributed by atoms with Gasteiger partial charge in [-0.15, -0.1) is 5.06 Å². The van der Waals surface area contributed by atoms with E-state index in [1.807, 2.05) is 0 Å². The van der Waals surface area contributed by atoms with Gasteiger partial charge in [-0.1, -0.05) is 0 Å². The van der Waals surface area contributed by atoms with Crippen molar-refractivity contribution in [2.24, 2.45) is 0 Å². The Morgan fingerprint density at radius 2 is 2.50 bits per heavy atom. The van der Waals surface area contributed by atoms with Gasteiger partial charge in [0.15, 0.2) is 0 Å². The summed E-state index contributed by atoms with van der Waals surface area (Å²) in [6, 6.07) is 0. The van der Waals surface area contributed by atoms with Crippen molar-refractivity contribution >= 4 is 5.97 Å². The number of rotatable bonds is 1. The zero-order valence-corrected chi connectivity index (χ0v) is 5.91. The second-order valence-corrected chi connectivity index (χ2v) is 2.35. The van der Waals surface area contributed by atoms with Crippen LogP contribution in [0.5, 0.6) is 0 Å². The van der Waals surface area contributed by atoms with E-state index in [4.69, 9.17) is 5.11 Å². The van der Waals surface area contributed by atoms with Gasteiger partial charge in [-0.25, -0.2) is 0 Å². The van der Waals surface area contributed by atoms with Crippen molar-refractivity contribution in [3.63, 3.8) is 0 Å².